The maximum atomic E-state index is 13.7. The number of thioether (sulfide) groups is 1. The number of anilines is 2. The Morgan fingerprint density at radius 1 is 0.943 bits per heavy atom. The Hall–Kier alpha value is -3.91. The Balaban J connectivity index is 1.78. The number of carbonyl (C=O) groups is 2. The number of carbonyl (C=O) groups excluding carboxylic acids is 2. The number of rotatable bonds is 7. The van der Waals surface area contributed by atoms with Crippen LogP contribution in [0.3, 0.4) is 0 Å². The van der Waals surface area contributed by atoms with E-state index in [1.165, 1.54) is 18.7 Å². The number of hydrogen-bond donors (Lipinski definition) is 1. The van der Waals surface area contributed by atoms with Crippen LogP contribution in [0, 0.1) is 0 Å². The van der Waals surface area contributed by atoms with E-state index >= 15 is 0 Å². The zero-order valence-corrected chi connectivity index (χ0v) is 20.7. The monoisotopic (exact) mass is 490 g/mol. The molecule has 1 fully saturated rings. The molecule has 1 heterocycles. The lowest BCUT2D eigenvalue weighted by Crippen LogP contribution is -2.27. The number of ether oxygens (including phenoxy) is 3. The molecule has 0 aromatic heterocycles. The summed E-state index contributed by atoms with van der Waals surface area (Å²) in [6.45, 7) is 1.45. The van der Waals surface area contributed by atoms with E-state index in [0.29, 0.717) is 33.5 Å². The molecular formula is C27H26N2O5S. The van der Waals surface area contributed by atoms with Crippen LogP contribution in [-0.4, -0.2) is 33.1 Å². The molecule has 180 valence electrons. The summed E-state index contributed by atoms with van der Waals surface area (Å²) in [4.78, 5) is 27.6. The Morgan fingerprint density at radius 2 is 1.63 bits per heavy atom. The minimum atomic E-state index is -0.274. The summed E-state index contributed by atoms with van der Waals surface area (Å²) in [5.74, 6) is 1.19. The molecule has 35 heavy (non-hydrogen) atoms. The van der Waals surface area contributed by atoms with Crippen LogP contribution in [0.1, 0.15) is 23.4 Å². The van der Waals surface area contributed by atoms with Gasteiger partial charge >= 0.3 is 0 Å². The number of benzene rings is 3. The summed E-state index contributed by atoms with van der Waals surface area (Å²) in [7, 11) is 4.66. The van der Waals surface area contributed by atoms with Gasteiger partial charge in [-0.25, -0.2) is 0 Å². The molecule has 7 nitrogen and oxygen atoms in total. The largest absolute Gasteiger partial charge is 0.493 e. The molecule has 2 amide bonds. The van der Waals surface area contributed by atoms with Crippen molar-refractivity contribution in [3.05, 3.63) is 82.8 Å². The van der Waals surface area contributed by atoms with Crippen molar-refractivity contribution in [2.75, 3.05) is 31.5 Å². The van der Waals surface area contributed by atoms with Crippen LogP contribution in [0.2, 0.25) is 0 Å². The van der Waals surface area contributed by atoms with Crippen LogP contribution < -0.4 is 24.4 Å². The number of amides is 2. The second-order valence-electron chi connectivity index (χ2n) is 7.75. The van der Waals surface area contributed by atoms with Gasteiger partial charge in [0.1, 0.15) is 5.37 Å². The highest BCUT2D eigenvalue weighted by atomic mass is 32.2. The van der Waals surface area contributed by atoms with Gasteiger partial charge in [0.05, 0.1) is 26.2 Å². The molecule has 1 saturated heterocycles. The Kier molecular flexibility index (Phi) is 7.31. The summed E-state index contributed by atoms with van der Waals surface area (Å²) in [6.07, 6.45) is 1.82. The number of hydrogen-bond acceptors (Lipinski definition) is 6. The Morgan fingerprint density at radius 3 is 2.23 bits per heavy atom. The molecule has 1 aliphatic rings. The van der Waals surface area contributed by atoms with Gasteiger partial charge in [-0.3, -0.25) is 14.5 Å². The van der Waals surface area contributed by atoms with Crippen LogP contribution in [0.4, 0.5) is 11.4 Å². The average Bonchev–Trinajstić information content (AvgIpc) is 3.19. The van der Waals surface area contributed by atoms with Gasteiger partial charge < -0.3 is 19.5 Å². The second kappa shape index (κ2) is 10.6. The standard InChI is InChI=1S/C27H26N2O5S/c1-17(30)28-20-11-8-12-21(16-20)29-26(31)24(35-27(29)19-9-6-5-7-10-19)15-18-13-22(32-2)25(34-4)23(14-18)33-3/h5-16,27H,1-4H3,(H,28,30)/b24-15-. The summed E-state index contributed by atoms with van der Waals surface area (Å²) in [6, 6.07) is 20.7. The third-order valence-electron chi connectivity index (χ3n) is 5.42. The zero-order chi connectivity index (χ0) is 24.9. The molecule has 0 spiro atoms. The zero-order valence-electron chi connectivity index (χ0n) is 19.9. The van der Waals surface area contributed by atoms with E-state index in [1.54, 1.807) is 50.5 Å². The molecule has 3 aromatic carbocycles. The van der Waals surface area contributed by atoms with E-state index < -0.39 is 0 Å². The maximum Gasteiger partial charge on any atom is 0.266 e. The molecule has 1 aliphatic heterocycles. The van der Waals surface area contributed by atoms with Gasteiger partial charge in [0, 0.05) is 18.3 Å². The smallest absolute Gasteiger partial charge is 0.266 e. The SMILES string of the molecule is COc1cc(/C=C2\SC(c3ccccc3)N(c3cccc(NC(C)=O)c3)C2=O)cc(OC)c1OC. The molecule has 0 aliphatic carbocycles. The van der Waals surface area contributed by atoms with Crippen molar-refractivity contribution in [1.82, 2.24) is 0 Å². The van der Waals surface area contributed by atoms with Crippen molar-refractivity contribution in [1.29, 1.82) is 0 Å². The molecular weight excluding hydrogens is 464 g/mol. The fraction of sp³-hybridized carbons (Fsp3) is 0.185. The summed E-state index contributed by atoms with van der Waals surface area (Å²) in [5.41, 5.74) is 3.05. The van der Waals surface area contributed by atoms with E-state index in [-0.39, 0.29) is 17.2 Å². The lowest BCUT2D eigenvalue weighted by molar-refractivity contribution is -0.115. The maximum absolute atomic E-state index is 13.7. The Labute approximate surface area is 208 Å². The summed E-state index contributed by atoms with van der Waals surface area (Å²) < 4.78 is 16.3. The average molecular weight is 491 g/mol. The van der Waals surface area contributed by atoms with E-state index in [0.717, 1.165) is 11.1 Å². The van der Waals surface area contributed by atoms with Crippen LogP contribution in [-0.2, 0) is 9.59 Å². The fourth-order valence-corrected chi connectivity index (χ4v) is 5.16. The highest BCUT2D eigenvalue weighted by Gasteiger charge is 2.38. The van der Waals surface area contributed by atoms with Gasteiger partial charge in [-0.15, -0.1) is 0 Å². The Bertz CT molecular complexity index is 1250. The number of nitrogens with one attached hydrogen (secondary N) is 1. The molecule has 3 aromatic rings. The van der Waals surface area contributed by atoms with Crippen LogP contribution in [0.15, 0.2) is 71.6 Å². The first-order valence-corrected chi connectivity index (χ1v) is 11.8. The first-order chi connectivity index (χ1) is 16.9. The molecule has 1 atom stereocenters. The minimum absolute atomic E-state index is 0.141. The second-order valence-corrected chi connectivity index (χ2v) is 8.88. The molecule has 1 unspecified atom stereocenters. The van der Waals surface area contributed by atoms with Gasteiger partial charge in [-0.2, -0.15) is 0 Å². The van der Waals surface area contributed by atoms with Gasteiger partial charge in [0.2, 0.25) is 11.7 Å². The molecule has 0 radical (unpaired) electrons. The van der Waals surface area contributed by atoms with Crippen molar-refractivity contribution in [2.45, 2.75) is 12.3 Å². The minimum Gasteiger partial charge on any atom is -0.493 e. The van der Waals surface area contributed by atoms with Crippen LogP contribution >= 0.6 is 11.8 Å². The molecule has 1 N–H and O–H groups in total. The van der Waals surface area contributed by atoms with Crippen molar-refractivity contribution in [3.8, 4) is 17.2 Å². The van der Waals surface area contributed by atoms with Gasteiger partial charge in [0.25, 0.3) is 5.91 Å². The van der Waals surface area contributed by atoms with E-state index in [4.69, 9.17) is 14.2 Å². The lowest BCUT2D eigenvalue weighted by Gasteiger charge is -2.24. The van der Waals surface area contributed by atoms with Crippen molar-refractivity contribution < 1.29 is 23.8 Å². The quantitative estimate of drug-likeness (QED) is 0.441. The number of methoxy groups -OCH3 is 3. The van der Waals surface area contributed by atoms with Crippen molar-refractivity contribution >= 4 is 41.0 Å². The van der Waals surface area contributed by atoms with Crippen LogP contribution in [0.25, 0.3) is 6.08 Å². The molecule has 0 bridgehead atoms. The van der Waals surface area contributed by atoms with E-state index in [1.807, 2.05) is 48.5 Å². The summed E-state index contributed by atoms with van der Waals surface area (Å²) in [5, 5.41) is 2.51. The van der Waals surface area contributed by atoms with E-state index in [9.17, 15) is 9.59 Å². The van der Waals surface area contributed by atoms with Crippen molar-refractivity contribution in [2.24, 2.45) is 0 Å². The first kappa shape index (κ1) is 24.2. The topological polar surface area (TPSA) is 77.1 Å². The van der Waals surface area contributed by atoms with Crippen LogP contribution in [0.5, 0.6) is 17.2 Å². The normalized spacial score (nSPS) is 16.3. The molecule has 4 rings (SSSR count). The van der Waals surface area contributed by atoms with Crippen molar-refractivity contribution in [3.63, 3.8) is 0 Å². The van der Waals surface area contributed by atoms with E-state index in [2.05, 4.69) is 5.32 Å². The van der Waals surface area contributed by atoms with Gasteiger partial charge in [0.15, 0.2) is 11.5 Å². The molecule has 8 heteroatoms. The number of nitrogens with zero attached hydrogens (tertiary/aromatic N) is 1. The fourth-order valence-electron chi connectivity index (χ4n) is 3.90. The van der Waals surface area contributed by atoms with Gasteiger partial charge in [-0.1, -0.05) is 48.2 Å². The first-order valence-electron chi connectivity index (χ1n) is 10.9. The third kappa shape index (κ3) is 5.12. The summed E-state index contributed by atoms with van der Waals surface area (Å²) >= 11 is 1.46. The molecule has 0 saturated carbocycles. The predicted octanol–water partition coefficient (Wildman–Crippen LogP) is 5.49. The van der Waals surface area contributed by atoms with Gasteiger partial charge in [-0.05, 0) is 47.5 Å². The predicted molar refractivity (Wildman–Crippen MR) is 139 cm³/mol. The third-order valence-corrected chi connectivity index (χ3v) is 6.67. The highest BCUT2D eigenvalue weighted by molar-refractivity contribution is 8.05. The lowest BCUT2D eigenvalue weighted by atomic mass is 10.1. The highest BCUT2D eigenvalue weighted by Crippen LogP contribution is 2.49.